The number of nitrogens with zero attached hydrogens (tertiary/aromatic N) is 4. The van der Waals surface area contributed by atoms with E-state index in [2.05, 4.69) is 292 Å². The number of para-hydroxylation sites is 1. The Hall–Kier alpha value is -7.50. The lowest BCUT2D eigenvalue weighted by atomic mass is 9.76. The number of rotatable bonds is 10. The SMILES string of the molecule is CC(C)(C)c1cc(-c2ccccc2)cc(-[n+]2[c-]n(-c3cc(Oc4cc(C(C)(C)c5ccccc5)c5c6ccccc6n(-c6cc(C(C)(C)C)ccn6)c5c4)cc(C(C)(C)c4ccccc4)c3)c(C(C)(C)C)c2)c1. The average molecular weight is 959 g/mol. The van der Waals surface area contributed by atoms with Crippen LogP contribution in [0.2, 0.25) is 0 Å². The third-order valence-electron chi connectivity index (χ3n) is 15.0. The summed E-state index contributed by atoms with van der Waals surface area (Å²) in [6, 6.07) is 63.7. The van der Waals surface area contributed by atoms with Crippen molar-refractivity contribution in [2.24, 2.45) is 0 Å². The Morgan fingerprint density at radius 1 is 0.466 bits per heavy atom. The van der Waals surface area contributed by atoms with Gasteiger partial charge in [0.1, 0.15) is 17.3 Å². The summed E-state index contributed by atoms with van der Waals surface area (Å²) in [6.07, 6.45) is 8.09. The van der Waals surface area contributed by atoms with Crippen LogP contribution in [0.1, 0.15) is 129 Å². The Balaban J connectivity index is 1.21. The molecular formula is C68H70N4O. The molecule has 5 nitrogen and oxygen atoms in total. The van der Waals surface area contributed by atoms with Crippen LogP contribution in [0.25, 0.3) is 50.1 Å². The maximum atomic E-state index is 7.42. The fraction of sp³-hybridized carbons (Fsp3) is 0.265. The van der Waals surface area contributed by atoms with Crippen molar-refractivity contribution < 1.29 is 9.30 Å². The topological polar surface area (TPSA) is 35.9 Å². The fourth-order valence-electron chi connectivity index (χ4n) is 10.4. The molecule has 0 aliphatic heterocycles. The second-order valence-electron chi connectivity index (χ2n) is 24.1. The van der Waals surface area contributed by atoms with Crippen molar-refractivity contribution in [2.45, 2.75) is 117 Å². The third kappa shape index (κ3) is 9.43. The summed E-state index contributed by atoms with van der Waals surface area (Å²) in [6.45, 7) is 29.7. The fourth-order valence-corrected chi connectivity index (χ4v) is 10.4. The zero-order valence-electron chi connectivity index (χ0n) is 45.1. The Bertz CT molecular complexity index is 3630. The van der Waals surface area contributed by atoms with Crippen LogP contribution in [0.15, 0.2) is 188 Å². The zero-order valence-corrected chi connectivity index (χ0v) is 45.1. The molecule has 0 saturated heterocycles. The molecule has 10 aromatic rings. The highest BCUT2D eigenvalue weighted by Crippen LogP contribution is 2.46. The van der Waals surface area contributed by atoms with E-state index in [1.807, 2.05) is 6.20 Å². The van der Waals surface area contributed by atoms with Gasteiger partial charge in [0.15, 0.2) is 0 Å². The van der Waals surface area contributed by atoms with E-state index < -0.39 is 5.41 Å². The summed E-state index contributed by atoms with van der Waals surface area (Å²) in [5.41, 5.74) is 13.7. The Labute approximate surface area is 433 Å². The normalized spacial score (nSPS) is 12.7. The largest absolute Gasteiger partial charge is 0.458 e. The molecule has 0 aliphatic carbocycles. The van der Waals surface area contributed by atoms with E-state index in [1.165, 1.54) is 49.7 Å². The van der Waals surface area contributed by atoms with Gasteiger partial charge < -0.3 is 4.74 Å². The van der Waals surface area contributed by atoms with Crippen molar-refractivity contribution >= 4 is 21.8 Å². The lowest BCUT2D eigenvalue weighted by Crippen LogP contribution is -2.29. The van der Waals surface area contributed by atoms with Crippen molar-refractivity contribution in [3.8, 4) is 39.8 Å². The first-order valence-corrected chi connectivity index (χ1v) is 25.9. The molecule has 0 aliphatic rings. The van der Waals surface area contributed by atoms with Gasteiger partial charge in [-0.25, -0.2) is 4.98 Å². The third-order valence-corrected chi connectivity index (χ3v) is 15.0. The van der Waals surface area contributed by atoms with E-state index in [0.717, 1.165) is 51.0 Å². The monoisotopic (exact) mass is 959 g/mol. The molecule has 368 valence electrons. The molecule has 0 saturated carbocycles. The van der Waals surface area contributed by atoms with Gasteiger partial charge in [0, 0.05) is 40.1 Å². The van der Waals surface area contributed by atoms with Gasteiger partial charge in [-0.15, -0.1) is 0 Å². The minimum absolute atomic E-state index is 0.0632. The lowest BCUT2D eigenvalue weighted by molar-refractivity contribution is -0.599. The van der Waals surface area contributed by atoms with E-state index in [4.69, 9.17) is 9.72 Å². The first-order chi connectivity index (χ1) is 34.6. The molecule has 0 N–H and O–H groups in total. The maximum absolute atomic E-state index is 7.42. The van der Waals surface area contributed by atoms with Gasteiger partial charge in [0.05, 0.1) is 28.1 Å². The molecule has 0 spiro atoms. The predicted molar refractivity (Wildman–Crippen MR) is 303 cm³/mol. The highest BCUT2D eigenvalue weighted by atomic mass is 16.5. The number of hydrogen-bond donors (Lipinski definition) is 0. The molecule has 5 heteroatoms. The smallest absolute Gasteiger partial charge is 0.269 e. The van der Waals surface area contributed by atoms with E-state index >= 15 is 0 Å². The predicted octanol–water partition coefficient (Wildman–Crippen LogP) is 17.0. The molecule has 0 atom stereocenters. The van der Waals surface area contributed by atoms with Crippen molar-refractivity contribution in [1.29, 1.82) is 0 Å². The van der Waals surface area contributed by atoms with E-state index in [-0.39, 0.29) is 21.7 Å². The number of pyridine rings is 1. The first kappa shape index (κ1) is 49.1. The molecule has 7 aromatic carbocycles. The Kier molecular flexibility index (Phi) is 12.2. The molecule has 73 heavy (non-hydrogen) atoms. The highest BCUT2D eigenvalue weighted by molar-refractivity contribution is 6.11. The Morgan fingerprint density at radius 3 is 1.71 bits per heavy atom. The second kappa shape index (κ2) is 18.2. The molecule has 3 aromatic heterocycles. The minimum Gasteiger partial charge on any atom is -0.458 e. The van der Waals surface area contributed by atoms with E-state index in [1.54, 1.807) is 0 Å². The summed E-state index contributed by atoms with van der Waals surface area (Å²) >= 11 is 0. The summed E-state index contributed by atoms with van der Waals surface area (Å²) < 4.78 is 14.2. The van der Waals surface area contributed by atoms with E-state index in [0.29, 0.717) is 0 Å². The van der Waals surface area contributed by atoms with Crippen LogP contribution in [0, 0.1) is 6.33 Å². The van der Waals surface area contributed by atoms with Crippen LogP contribution in [0.3, 0.4) is 0 Å². The molecule has 0 amide bonds. The molecule has 0 unspecified atom stereocenters. The number of fused-ring (bicyclic) bond motifs is 3. The number of benzene rings is 7. The van der Waals surface area contributed by atoms with Crippen molar-refractivity contribution in [3.63, 3.8) is 0 Å². The van der Waals surface area contributed by atoms with Gasteiger partial charge in [-0.1, -0.05) is 205 Å². The molecule has 10 rings (SSSR count). The maximum Gasteiger partial charge on any atom is 0.269 e. The van der Waals surface area contributed by atoms with Gasteiger partial charge in [-0.2, -0.15) is 0 Å². The Morgan fingerprint density at radius 2 is 1.07 bits per heavy atom. The quantitative estimate of drug-likeness (QED) is 0.101. The molecule has 0 fully saturated rings. The molecule has 0 radical (unpaired) electrons. The van der Waals surface area contributed by atoms with Crippen LogP contribution in [0.4, 0.5) is 0 Å². The second-order valence-corrected chi connectivity index (χ2v) is 24.1. The van der Waals surface area contributed by atoms with Gasteiger partial charge >= 0.3 is 0 Å². The summed E-state index contributed by atoms with van der Waals surface area (Å²) in [7, 11) is 0. The summed E-state index contributed by atoms with van der Waals surface area (Å²) in [5, 5.41) is 2.36. The van der Waals surface area contributed by atoms with E-state index in [9.17, 15) is 0 Å². The lowest BCUT2D eigenvalue weighted by Gasteiger charge is -2.29. The number of aromatic nitrogens is 4. The highest BCUT2D eigenvalue weighted by Gasteiger charge is 2.31. The number of ether oxygens (including phenoxy) is 1. The van der Waals surface area contributed by atoms with Crippen molar-refractivity contribution in [2.75, 3.05) is 0 Å². The molecule has 3 heterocycles. The standard InChI is InChI=1S/C68H70N4O/c1-64(2,3)50-33-34-69-62(40-50)72-59-32-24-23-31-57(59)63-58(68(12,13)49-29-21-16-22-30-49)42-56(43-60(63)72)73-55-39-52(67(10,11)48-27-19-15-20-28-48)38-54(41-55)71-45-70(44-61(71)66(7,8)9)53-36-47(46-25-17-14-18-26-46)35-51(37-53)65(4,5)6/h14-44H,1-13H3. The average Bonchev–Trinajstić information content (AvgIpc) is 3.98. The van der Waals surface area contributed by atoms with Crippen LogP contribution < -0.4 is 9.30 Å². The van der Waals surface area contributed by atoms with Gasteiger partial charge in [0.25, 0.3) is 6.33 Å². The minimum atomic E-state index is -0.406. The van der Waals surface area contributed by atoms with Crippen LogP contribution in [-0.2, 0) is 27.1 Å². The van der Waals surface area contributed by atoms with Gasteiger partial charge in [-0.3, -0.25) is 13.7 Å². The van der Waals surface area contributed by atoms with Crippen LogP contribution in [0.5, 0.6) is 11.5 Å². The molecular weight excluding hydrogens is 889 g/mol. The van der Waals surface area contributed by atoms with Gasteiger partial charge in [-0.05, 0) is 115 Å². The number of hydrogen-bond acceptors (Lipinski definition) is 2. The van der Waals surface area contributed by atoms with Crippen LogP contribution >= 0.6 is 0 Å². The van der Waals surface area contributed by atoms with Crippen LogP contribution in [-0.4, -0.2) is 14.1 Å². The van der Waals surface area contributed by atoms with Crippen molar-refractivity contribution in [1.82, 2.24) is 14.1 Å². The number of imidazole rings is 1. The summed E-state index contributed by atoms with van der Waals surface area (Å²) in [5.74, 6) is 2.37. The van der Waals surface area contributed by atoms with Crippen molar-refractivity contribution in [3.05, 3.63) is 234 Å². The first-order valence-electron chi connectivity index (χ1n) is 25.9. The summed E-state index contributed by atoms with van der Waals surface area (Å²) in [4.78, 5) is 5.07. The molecule has 0 bridgehead atoms. The zero-order chi connectivity index (χ0) is 51.7. The van der Waals surface area contributed by atoms with Gasteiger partial charge in [0.2, 0.25) is 0 Å².